The van der Waals surface area contributed by atoms with Gasteiger partial charge < -0.3 is 15.6 Å². The van der Waals surface area contributed by atoms with Crippen LogP contribution >= 0.6 is 0 Å². The summed E-state index contributed by atoms with van der Waals surface area (Å²) >= 11 is 0. The molecule has 7 nitrogen and oxygen atoms in total. The summed E-state index contributed by atoms with van der Waals surface area (Å²) < 4.78 is 0. The molecule has 2 aliphatic rings. The molecule has 5 rings (SSSR count). The Hall–Kier alpha value is -2.96. The lowest BCUT2D eigenvalue weighted by Crippen LogP contribution is -2.48. The molecule has 0 radical (unpaired) electrons. The molecule has 1 aliphatic heterocycles. The molecule has 28 heavy (non-hydrogen) atoms. The smallest absolute Gasteiger partial charge is 0.227 e. The van der Waals surface area contributed by atoms with Crippen LogP contribution in [0.5, 0.6) is 0 Å². The highest BCUT2D eigenvalue weighted by atomic mass is 16.2. The average molecular weight is 376 g/mol. The van der Waals surface area contributed by atoms with Gasteiger partial charge in [0.1, 0.15) is 5.82 Å². The maximum atomic E-state index is 13.1. The number of likely N-dealkylation sites (tertiary alicyclic amines) is 1. The third-order valence-electron chi connectivity index (χ3n) is 6.21. The number of amides is 1. The molecule has 1 atom stereocenters. The van der Waals surface area contributed by atoms with Gasteiger partial charge in [-0.3, -0.25) is 4.79 Å². The van der Waals surface area contributed by atoms with Crippen LogP contribution in [0.25, 0.3) is 11.0 Å². The van der Waals surface area contributed by atoms with Crippen molar-refractivity contribution in [2.75, 3.05) is 18.8 Å². The number of imidazole rings is 1. The highest BCUT2D eigenvalue weighted by molar-refractivity contribution is 5.82. The van der Waals surface area contributed by atoms with Crippen LogP contribution in [0.1, 0.15) is 41.9 Å². The lowest BCUT2D eigenvalue weighted by molar-refractivity contribution is -0.132. The van der Waals surface area contributed by atoms with E-state index in [9.17, 15) is 4.79 Å². The van der Waals surface area contributed by atoms with Crippen LogP contribution in [0.15, 0.2) is 24.4 Å². The van der Waals surface area contributed by atoms with Gasteiger partial charge in [-0.15, -0.1) is 0 Å². The van der Waals surface area contributed by atoms with E-state index in [1.54, 1.807) is 0 Å². The molecule has 1 fully saturated rings. The number of carbonyl (C=O) groups is 1. The molecule has 3 aromatic rings. The van der Waals surface area contributed by atoms with E-state index in [1.165, 1.54) is 5.56 Å². The molecular formula is C21H24N6O. The Labute approximate surface area is 163 Å². The predicted octanol–water partition coefficient (Wildman–Crippen LogP) is 2.29. The lowest BCUT2D eigenvalue weighted by atomic mass is 9.77. The second-order valence-corrected chi connectivity index (χ2v) is 8.15. The Kier molecular flexibility index (Phi) is 3.86. The maximum absolute atomic E-state index is 13.1. The zero-order valence-corrected chi connectivity index (χ0v) is 16.0. The van der Waals surface area contributed by atoms with Crippen LogP contribution < -0.4 is 5.73 Å². The van der Waals surface area contributed by atoms with Gasteiger partial charge in [0.25, 0.3) is 0 Å². The zero-order valence-electron chi connectivity index (χ0n) is 16.0. The first-order chi connectivity index (χ1) is 13.5. The number of fused-ring (bicyclic) bond motifs is 3. The Morgan fingerprint density at radius 3 is 3.11 bits per heavy atom. The molecule has 3 heterocycles. The van der Waals surface area contributed by atoms with Crippen molar-refractivity contribution in [1.82, 2.24) is 24.8 Å². The first-order valence-electron chi connectivity index (χ1n) is 9.87. The quantitative estimate of drug-likeness (QED) is 0.715. The molecule has 7 heteroatoms. The van der Waals surface area contributed by atoms with E-state index >= 15 is 0 Å². The van der Waals surface area contributed by atoms with E-state index in [4.69, 9.17) is 5.73 Å². The Morgan fingerprint density at radius 1 is 1.32 bits per heavy atom. The van der Waals surface area contributed by atoms with Crippen molar-refractivity contribution >= 4 is 22.9 Å². The molecule has 144 valence electrons. The highest BCUT2D eigenvalue weighted by Gasteiger charge is 2.44. The van der Waals surface area contributed by atoms with E-state index < -0.39 is 0 Å². The minimum Gasteiger partial charge on any atom is -0.368 e. The summed E-state index contributed by atoms with van der Waals surface area (Å²) in [6.07, 6.45) is 6.29. The molecule has 1 unspecified atom stereocenters. The maximum Gasteiger partial charge on any atom is 0.227 e. The van der Waals surface area contributed by atoms with Crippen LogP contribution in [-0.4, -0.2) is 43.8 Å². The molecule has 1 spiro atoms. The van der Waals surface area contributed by atoms with Gasteiger partial charge >= 0.3 is 0 Å². The first kappa shape index (κ1) is 17.2. The Morgan fingerprint density at radius 2 is 2.21 bits per heavy atom. The molecule has 1 aliphatic carbocycles. The van der Waals surface area contributed by atoms with Crippen LogP contribution in [-0.2, 0) is 23.1 Å². The Bertz CT molecular complexity index is 1070. The number of aromatic nitrogens is 4. The monoisotopic (exact) mass is 376 g/mol. The molecule has 2 aromatic heterocycles. The third-order valence-corrected chi connectivity index (χ3v) is 6.21. The van der Waals surface area contributed by atoms with Crippen molar-refractivity contribution in [2.24, 2.45) is 0 Å². The number of benzene rings is 1. The standard InChI is InChI=1S/C21H24N6O/c1-13-24-16-4-3-14(9-17(16)25-13)10-18(28)27-8-2-6-21(12-27)7-5-15-11-23-20(22)26-19(15)21/h3-4,9,11H,2,5-8,10,12H2,1H3,(H,24,25)(H2,22,23,26). The molecule has 1 aromatic carbocycles. The number of hydrogen-bond acceptors (Lipinski definition) is 5. The number of piperidine rings is 1. The summed E-state index contributed by atoms with van der Waals surface area (Å²) in [6.45, 7) is 3.47. The topological polar surface area (TPSA) is 101 Å². The van der Waals surface area contributed by atoms with Crippen molar-refractivity contribution in [3.63, 3.8) is 0 Å². The molecule has 0 bridgehead atoms. The second kappa shape index (κ2) is 6.29. The van der Waals surface area contributed by atoms with Crippen molar-refractivity contribution in [3.05, 3.63) is 47.0 Å². The average Bonchev–Trinajstić information content (AvgIpc) is 3.21. The zero-order chi connectivity index (χ0) is 19.3. The van der Waals surface area contributed by atoms with Gasteiger partial charge in [0.05, 0.1) is 23.1 Å². The van der Waals surface area contributed by atoms with Gasteiger partial charge in [0.15, 0.2) is 0 Å². The van der Waals surface area contributed by atoms with Crippen LogP contribution in [0.3, 0.4) is 0 Å². The summed E-state index contributed by atoms with van der Waals surface area (Å²) in [5.74, 6) is 1.38. The van der Waals surface area contributed by atoms with Gasteiger partial charge in [-0.05, 0) is 55.9 Å². The number of nitrogen functional groups attached to an aromatic ring is 1. The van der Waals surface area contributed by atoms with E-state index in [0.29, 0.717) is 12.4 Å². The predicted molar refractivity (Wildman–Crippen MR) is 107 cm³/mol. The van der Waals surface area contributed by atoms with Gasteiger partial charge in [-0.2, -0.15) is 0 Å². The summed E-state index contributed by atoms with van der Waals surface area (Å²) in [4.78, 5) is 31.5. The number of nitrogens with two attached hydrogens (primary N) is 1. The summed E-state index contributed by atoms with van der Waals surface area (Å²) in [7, 11) is 0. The molecule has 1 amide bonds. The van der Waals surface area contributed by atoms with Crippen LogP contribution in [0.4, 0.5) is 5.95 Å². The molecule has 1 saturated heterocycles. The lowest BCUT2D eigenvalue weighted by Gasteiger charge is -2.40. The molecule has 3 N–H and O–H groups in total. The fraction of sp³-hybridized carbons (Fsp3) is 0.429. The number of rotatable bonds is 2. The minimum absolute atomic E-state index is 0.0647. The molecule has 0 saturated carbocycles. The van der Waals surface area contributed by atoms with Gasteiger partial charge in [0, 0.05) is 24.7 Å². The van der Waals surface area contributed by atoms with Crippen molar-refractivity contribution < 1.29 is 4.79 Å². The Balaban J connectivity index is 1.36. The summed E-state index contributed by atoms with van der Waals surface area (Å²) in [5, 5.41) is 0. The number of nitrogens with zero attached hydrogens (tertiary/aromatic N) is 4. The van der Waals surface area contributed by atoms with Gasteiger partial charge in [-0.1, -0.05) is 6.07 Å². The number of hydrogen-bond donors (Lipinski definition) is 2. The largest absolute Gasteiger partial charge is 0.368 e. The van der Waals surface area contributed by atoms with Crippen molar-refractivity contribution in [1.29, 1.82) is 0 Å². The van der Waals surface area contributed by atoms with E-state index in [1.807, 2.05) is 36.2 Å². The number of aryl methyl sites for hydroxylation is 2. The number of anilines is 1. The first-order valence-corrected chi connectivity index (χ1v) is 9.87. The fourth-order valence-electron chi connectivity index (χ4n) is 4.88. The van der Waals surface area contributed by atoms with Crippen molar-refractivity contribution in [2.45, 2.75) is 44.4 Å². The fourth-order valence-corrected chi connectivity index (χ4v) is 4.88. The summed E-state index contributed by atoms with van der Waals surface area (Å²) in [6, 6.07) is 6.01. The van der Waals surface area contributed by atoms with Crippen LogP contribution in [0.2, 0.25) is 0 Å². The van der Waals surface area contributed by atoms with Gasteiger partial charge in [-0.25, -0.2) is 15.0 Å². The normalized spacial score (nSPS) is 21.4. The summed E-state index contributed by atoms with van der Waals surface area (Å²) in [5.41, 5.74) is 11.0. The van der Waals surface area contributed by atoms with E-state index in [0.717, 1.165) is 66.9 Å². The van der Waals surface area contributed by atoms with Crippen molar-refractivity contribution in [3.8, 4) is 0 Å². The third kappa shape index (κ3) is 2.82. The van der Waals surface area contributed by atoms with E-state index in [-0.39, 0.29) is 11.3 Å². The highest BCUT2D eigenvalue weighted by Crippen LogP contribution is 2.44. The SMILES string of the molecule is Cc1nc2ccc(CC(=O)N3CCCC4(CCc5cnc(N)nc54)C3)cc2[nH]1. The number of carbonyl (C=O) groups excluding carboxylic acids is 1. The number of aromatic amines is 1. The number of H-pyrrole nitrogens is 1. The van der Waals surface area contributed by atoms with Crippen LogP contribution in [0, 0.1) is 6.92 Å². The van der Waals surface area contributed by atoms with Gasteiger partial charge in [0.2, 0.25) is 11.9 Å². The second-order valence-electron chi connectivity index (χ2n) is 8.15. The minimum atomic E-state index is -0.0647. The van der Waals surface area contributed by atoms with E-state index in [2.05, 4.69) is 19.9 Å². The number of nitrogens with one attached hydrogen (secondary N) is 1. The molecular weight excluding hydrogens is 352 g/mol.